The lowest BCUT2D eigenvalue weighted by molar-refractivity contribution is -0.120. The summed E-state index contributed by atoms with van der Waals surface area (Å²) in [7, 11) is 0. The summed E-state index contributed by atoms with van der Waals surface area (Å²) in [6.45, 7) is 5.14. The van der Waals surface area contributed by atoms with E-state index in [1.165, 1.54) is 5.56 Å². The Kier molecular flexibility index (Phi) is 4.29. The molecule has 0 bridgehead atoms. The van der Waals surface area contributed by atoms with Gasteiger partial charge in [-0.3, -0.25) is 4.79 Å². The fourth-order valence-corrected chi connectivity index (χ4v) is 4.26. The van der Waals surface area contributed by atoms with E-state index in [9.17, 15) is 4.79 Å². The van der Waals surface area contributed by atoms with Gasteiger partial charge in [0.15, 0.2) is 0 Å². The molecule has 1 aromatic carbocycles. The molecule has 1 aliphatic heterocycles. The maximum absolute atomic E-state index is 11.7. The highest BCUT2D eigenvalue weighted by Crippen LogP contribution is 2.32. The molecule has 2 aromatic heterocycles. The number of amides is 1. The molecule has 1 atom stereocenters. The molecule has 4 rings (SSSR count). The van der Waals surface area contributed by atoms with Crippen molar-refractivity contribution in [3.63, 3.8) is 0 Å². The van der Waals surface area contributed by atoms with Gasteiger partial charge in [-0.1, -0.05) is 17.3 Å². The zero-order valence-electron chi connectivity index (χ0n) is 14.7. The summed E-state index contributed by atoms with van der Waals surface area (Å²) in [5, 5.41) is 17.8. The van der Waals surface area contributed by atoms with Crippen molar-refractivity contribution in [1.82, 2.24) is 30.6 Å². The number of carbonyl (C=O) groups is 1. The quantitative estimate of drug-likeness (QED) is 0.736. The van der Waals surface area contributed by atoms with Crippen molar-refractivity contribution in [1.29, 1.82) is 0 Å². The van der Waals surface area contributed by atoms with E-state index in [0.29, 0.717) is 6.54 Å². The summed E-state index contributed by atoms with van der Waals surface area (Å²) in [4.78, 5) is 16.4. The van der Waals surface area contributed by atoms with Gasteiger partial charge in [-0.15, -0.1) is 16.4 Å². The minimum Gasteiger partial charge on any atom is -0.343 e. The maximum Gasteiger partial charge on any atom is 0.217 e. The smallest absolute Gasteiger partial charge is 0.217 e. The van der Waals surface area contributed by atoms with Crippen molar-refractivity contribution in [2.75, 3.05) is 13.1 Å². The monoisotopic (exact) mass is 368 g/mol. The molecule has 3 heterocycles. The number of aromatic nitrogens is 4. The zero-order valence-corrected chi connectivity index (χ0v) is 15.5. The molecule has 26 heavy (non-hydrogen) atoms. The first-order valence-electron chi connectivity index (χ1n) is 8.51. The number of hydrogen-bond donors (Lipinski definition) is 2. The summed E-state index contributed by atoms with van der Waals surface area (Å²) in [6, 6.07) is 8.09. The second kappa shape index (κ2) is 6.62. The van der Waals surface area contributed by atoms with E-state index in [1.807, 2.05) is 36.7 Å². The van der Waals surface area contributed by atoms with Crippen LogP contribution in [-0.2, 0) is 10.3 Å². The van der Waals surface area contributed by atoms with Crippen LogP contribution in [0.3, 0.4) is 0 Å². The van der Waals surface area contributed by atoms with Crippen LogP contribution >= 0.6 is 11.3 Å². The predicted octanol–water partition coefficient (Wildman–Crippen LogP) is 2.02. The van der Waals surface area contributed by atoms with Crippen LogP contribution in [0, 0.1) is 6.92 Å². The van der Waals surface area contributed by atoms with Gasteiger partial charge >= 0.3 is 0 Å². The number of thiazole rings is 1. The van der Waals surface area contributed by atoms with Crippen molar-refractivity contribution in [3.8, 4) is 17.1 Å². The van der Waals surface area contributed by atoms with E-state index < -0.39 is 5.54 Å². The molecule has 3 aromatic rings. The molecule has 2 N–H and O–H groups in total. The number of benzene rings is 1. The van der Waals surface area contributed by atoms with Crippen LogP contribution in [0.1, 0.15) is 23.9 Å². The third kappa shape index (κ3) is 3.13. The van der Waals surface area contributed by atoms with Crippen molar-refractivity contribution in [3.05, 3.63) is 46.4 Å². The van der Waals surface area contributed by atoms with Crippen LogP contribution in [0.4, 0.5) is 0 Å². The summed E-state index contributed by atoms with van der Waals surface area (Å²) >= 11 is 1.55. The third-order valence-corrected chi connectivity index (χ3v) is 5.55. The molecule has 134 valence electrons. The number of rotatable bonds is 4. The van der Waals surface area contributed by atoms with Crippen molar-refractivity contribution in [2.45, 2.75) is 25.8 Å². The first kappa shape index (κ1) is 16.9. The molecule has 8 heteroatoms. The fourth-order valence-electron chi connectivity index (χ4n) is 3.26. The van der Waals surface area contributed by atoms with Crippen molar-refractivity contribution in [2.24, 2.45) is 0 Å². The highest BCUT2D eigenvalue weighted by atomic mass is 32.1. The van der Waals surface area contributed by atoms with Crippen molar-refractivity contribution < 1.29 is 4.79 Å². The molecule has 1 saturated heterocycles. The Hall–Kier alpha value is -2.58. The van der Waals surface area contributed by atoms with E-state index in [4.69, 9.17) is 4.98 Å². The van der Waals surface area contributed by atoms with Crippen LogP contribution < -0.4 is 10.6 Å². The predicted molar refractivity (Wildman–Crippen MR) is 100 cm³/mol. The first-order chi connectivity index (χ1) is 12.6. The second-order valence-electron chi connectivity index (χ2n) is 6.62. The fraction of sp³-hybridized carbons (Fsp3) is 0.333. The molecule has 0 aliphatic carbocycles. The van der Waals surface area contributed by atoms with Gasteiger partial charge in [-0.05, 0) is 37.6 Å². The van der Waals surface area contributed by atoms with Gasteiger partial charge < -0.3 is 10.6 Å². The summed E-state index contributed by atoms with van der Waals surface area (Å²) in [5.74, 6) is -0.0455. The van der Waals surface area contributed by atoms with Gasteiger partial charge in [0.2, 0.25) is 5.91 Å². The molecule has 0 saturated carbocycles. The summed E-state index contributed by atoms with van der Waals surface area (Å²) in [6.07, 6.45) is 2.71. The Bertz CT molecular complexity index is 941. The van der Waals surface area contributed by atoms with Gasteiger partial charge in [0, 0.05) is 18.8 Å². The van der Waals surface area contributed by atoms with Crippen LogP contribution in [0.2, 0.25) is 0 Å². The first-order valence-corrected chi connectivity index (χ1v) is 9.39. The SMILES string of the molecule is CC(=O)NC1(c2nc(-c3cn(-c4cccc(C)c4)nn3)cs2)CCNC1. The Morgan fingerprint density at radius 2 is 2.27 bits per heavy atom. The molecule has 1 amide bonds. The van der Waals surface area contributed by atoms with Crippen LogP contribution in [0.25, 0.3) is 17.1 Å². The Morgan fingerprint density at radius 1 is 1.38 bits per heavy atom. The van der Waals surface area contributed by atoms with Gasteiger partial charge in [-0.25, -0.2) is 9.67 Å². The Morgan fingerprint density at radius 3 is 3.00 bits per heavy atom. The molecule has 1 unspecified atom stereocenters. The van der Waals surface area contributed by atoms with E-state index in [-0.39, 0.29) is 5.91 Å². The zero-order chi connectivity index (χ0) is 18.1. The Balaban J connectivity index is 1.63. The van der Waals surface area contributed by atoms with Crippen LogP contribution in [-0.4, -0.2) is 39.0 Å². The highest BCUT2D eigenvalue weighted by Gasteiger charge is 2.39. The molecule has 1 aliphatic rings. The molecular weight excluding hydrogens is 348 g/mol. The molecule has 1 fully saturated rings. The lowest BCUT2D eigenvalue weighted by atomic mass is 9.99. The lowest BCUT2D eigenvalue weighted by Gasteiger charge is -2.26. The van der Waals surface area contributed by atoms with Gasteiger partial charge in [-0.2, -0.15) is 0 Å². The molecular formula is C18H20N6OS. The average Bonchev–Trinajstić information content (AvgIpc) is 3.34. The van der Waals surface area contributed by atoms with Crippen LogP contribution in [0.15, 0.2) is 35.8 Å². The van der Waals surface area contributed by atoms with Gasteiger partial charge in [0.1, 0.15) is 21.9 Å². The number of nitrogens with one attached hydrogen (secondary N) is 2. The number of nitrogens with zero attached hydrogens (tertiary/aromatic N) is 4. The number of hydrogen-bond acceptors (Lipinski definition) is 6. The van der Waals surface area contributed by atoms with Crippen LogP contribution in [0.5, 0.6) is 0 Å². The Labute approximate surface area is 155 Å². The summed E-state index contributed by atoms with van der Waals surface area (Å²) < 4.78 is 1.75. The number of aryl methyl sites for hydroxylation is 1. The van der Waals surface area contributed by atoms with E-state index in [1.54, 1.807) is 22.9 Å². The minimum absolute atomic E-state index is 0.0455. The number of carbonyl (C=O) groups excluding carboxylic acids is 1. The second-order valence-corrected chi connectivity index (χ2v) is 7.47. The van der Waals surface area contributed by atoms with E-state index in [0.717, 1.165) is 35.0 Å². The lowest BCUT2D eigenvalue weighted by Crippen LogP contribution is -2.46. The highest BCUT2D eigenvalue weighted by molar-refractivity contribution is 7.10. The standard InChI is InChI=1S/C18H20N6OS/c1-12-4-3-5-14(8-12)24-9-15(22-23-24)16-10-26-17(20-16)18(21-13(2)25)6-7-19-11-18/h3-5,8-10,19H,6-7,11H2,1-2H3,(H,21,25). The summed E-state index contributed by atoms with van der Waals surface area (Å²) in [5.41, 5.74) is 3.20. The topological polar surface area (TPSA) is 84.7 Å². The maximum atomic E-state index is 11.7. The molecule has 0 spiro atoms. The molecule has 7 nitrogen and oxygen atoms in total. The molecule has 0 radical (unpaired) electrons. The largest absolute Gasteiger partial charge is 0.343 e. The normalized spacial score (nSPS) is 19.6. The van der Waals surface area contributed by atoms with Gasteiger partial charge in [0.05, 0.1) is 11.9 Å². The van der Waals surface area contributed by atoms with E-state index >= 15 is 0 Å². The van der Waals surface area contributed by atoms with Gasteiger partial charge in [0.25, 0.3) is 0 Å². The average molecular weight is 368 g/mol. The minimum atomic E-state index is -0.429. The van der Waals surface area contributed by atoms with Crippen molar-refractivity contribution >= 4 is 17.2 Å². The van der Waals surface area contributed by atoms with E-state index in [2.05, 4.69) is 27.0 Å². The third-order valence-electron chi connectivity index (χ3n) is 4.51.